The van der Waals surface area contributed by atoms with Crippen molar-refractivity contribution in [2.75, 3.05) is 5.43 Å². The minimum Gasteiger partial charge on any atom is -0.506 e. The Labute approximate surface area is 136 Å². The molecule has 0 fully saturated rings. The normalized spacial score (nSPS) is 10.8. The van der Waals surface area contributed by atoms with Gasteiger partial charge in [0.05, 0.1) is 25.8 Å². The van der Waals surface area contributed by atoms with Crippen LogP contribution in [0.15, 0.2) is 50.4 Å². The third kappa shape index (κ3) is 4.02. The number of hydrazone groups is 1. The quantitative estimate of drug-likeness (QED) is 0.444. The van der Waals surface area contributed by atoms with Gasteiger partial charge in [0.25, 0.3) is 5.69 Å². The molecule has 2 aromatic rings. The Morgan fingerprint density at radius 3 is 2.29 bits per heavy atom. The first-order chi connectivity index (χ1) is 9.97. The smallest absolute Gasteiger partial charge is 0.269 e. The van der Waals surface area contributed by atoms with Gasteiger partial charge in [0.2, 0.25) is 0 Å². The van der Waals surface area contributed by atoms with E-state index in [1.165, 1.54) is 12.1 Å². The first-order valence-electron chi connectivity index (χ1n) is 5.69. The molecule has 0 atom stereocenters. The van der Waals surface area contributed by atoms with Crippen molar-refractivity contribution < 1.29 is 10.0 Å². The number of phenolic OH excluding ortho intramolecular Hbond substituents is 1. The van der Waals surface area contributed by atoms with Gasteiger partial charge in [0.15, 0.2) is 0 Å². The van der Waals surface area contributed by atoms with Gasteiger partial charge in [0.1, 0.15) is 5.75 Å². The van der Waals surface area contributed by atoms with Crippen LogP contribution < -0.4 is 5.43 Å². The molecule has 2 N–H and O–H groups in total. The molecule has 0 saturated carbocycles. The summed E-state index contributed by atoms with van der Waals surface area (Å²) in [7, 11) is 0. The summed E-state index contributed by atoms with van der Waals surface area (Å²) in [5.41, 5.74) is 4.19. The molecule has 0 aliphatic carbocycles. The van der Waals surface area contributed by atoms with E-state index >= 15 is 0 Å². The molecule has 21 heavy (non-hydrogen) atoms. The lowest BCUT2D eigenvalue weighted by molar-refractivity contribution is -0.384. The van der Waals surface area contributed by atoms with Crippen LogP contribution in [0.4, 0.5) is 11.4 Å². The monoisotopic (exact) mass is 413 g/mol. The summed E-state index contributed by atoms with van der Waals surface area (Å²) in [6.07, 6.45) is 1.57. The number of hydrogen-bond donors (Lipinski definition) is 2. The van der Waals surface area contributed by atoms with Crippen LogP contribution in [0.2, 0.25) is 0 Å². The van der Waals surface area contributed by atoms with E-state index in [0.29, 0.717) is 14.6 Å². The predicted molar refractivity (Wildman–Crippen MR) is 87.8 cm³/mol. The Morgan fingerprint density at radius 2 is 1.76 bits per heavy atom. The molecular weight excluding hydrogens is 406 g/mol. The van der Waals surface area contributed by atoms with E-state index < -0.39 is 4.92 Å². The molecule has 108 valence electrons. The van der Waals surface area contributed by atoms with Crippen LogP contribution in [0.5, 0.6) is 5.75 Å². The molecule has 0 saturated heterocycles. The Balaban J connectivity index is 2.07. The molecule has 8 heteroatoms. The van der Waals surface area contributed by atoms with Crippen LogP contribution in [0.3, 0.4) is 0 Å². The van der Waals surface area contributed by atoms with E-state index in [-0.39, 0.29) is 11.4 Å². The maximum atomic E-state index is 10.5. The Hall–Kier alpha value is -1.93. The number of nitro benzene ring substituents is 1. The van der Waals surface area contributed by atoms with Gasteiger partial charge in [0, 0.05) is 12.1 Å². The molecule has 0 bridgehead atoms. The summed E-state index contributed by atoms with van der Waals surface area (Å²) in [5, 5.41) is 24.2. The van der Waals surface area contributed by atoms with Crippen molar-refractivity contribution in [2.45, 2.75) is 0 Å². The van der Waals surface area contributed by atoms with Crippen molar-refractivity contribution in [3.63, 3.8) is 0 Å². The van der Waals surface area contributed by atoms with Crippen LogP contribution in [-0.2, 0) is 0 Å². The highest BCUT2D eigenvalue weighted by atomic mass is 79.9. The SMILES string of the molecule is O=[N+]([O-])c1ccc(NN=Cc2cc(Br)c(O)c(Br)c2)cc1. The molecule has 2 rings (SSSR count). The minimum atomic E-state index is -0.460. The lowest BCUT2D eigenvalue weighted by Gasteiger charge is -2.02. The molecule has 0 unspecified atom stereocenters. The highest BCUT2D eigenvalue weighted by Gasteiger charge is 2.05. The molecule has 0 aromatic heterocycles. The van der Waals surface area contributed by atoms with Gasteiger partial charge in [-0.2, -0.15) is 5.10 Å². The van der Waals surface area contributed by atoms with E-state index in [1.807, 2.05) is 0 Å². The Morgan fingerprint density at radius 1 is 1.19 bits per heavy atom. The third-order valence-electron chi connectivity index (χ3n) is 2.52. The number of hydrogen-bond acceptors (Lipinski definition) is 5. The largest absolute Gasteiger partial charge is 0.506 e. The zero-order valence-electron chi connectivity index (χ0n) is 10.5. The summed E-state index contributed by atoms with van der Waals surface area (Å²) in [6, 6.07) is 9.34. The first kappa shape index (κ1) is 15.5. The molecule has 0 aliphatic rings. The Kier molecular flexibility index (Phi) is 4.92. The fourth-order valence-corrected chi connectivity index (χ4v) is 2.72. The third-order valence-corrected chi connectivity index (χ3v) is 3.73. The number of nitro groups is 1. The van der Waals surface area contributed by atoms with E-state index in [4.69, 9.17) is 0 Å². The highest BCUT2D eigenvalue weighted by Crippen LogP contribution is 2.32. The molecule has 0 heterocycles. The van der Waals surface area contributed by atoms with E-state index in [2.05, 4.69) is 42.4 Å². The van der Waals surface area contributed by atoms with E-state index in [0.717, 1.165) is 5.56 Å². The maximum Gasteiger partial charge on any atom is 0.269 e. The lowest BCUT2D eigenvalue weighted by Crippen LogP contribution is -1.92. The molecular formula is C13H9Br2N3O3. The van der Waals surface area contributed by atoms with Gasteiger partial charge in [-0.3, -0.25) is 15.5 Å². The van der Waals surface area contributed by atoms with Crippen LogP contribution in [-0.4, -0.2) is 16.2 Å². The lowest BCUT2D eigenvalue weighted by atomic mass is 10.2. The van der Waals surface area contributed by atoms with Crippen LogP contribution in [0.1, 0.15) is 5.56 Å². The first-order valence-corrected chi connectivity index (χ1v) is 7.27. The second-order valence-electron chi connectivity index (χ2n) is 4.01. The van der Waals surface area contributed by atoms with Crippen molar-refractivity contribution in [1.29, 1.82) is 0 Å². The average Bonchev–Trinajstić information content (AvgIpc) is 2.45. The fourth-order valence-electron chi connectivity index (χ4n) is 1.50. The van der Waals surface area contributed by atoms with Crippen molar-refractivity contribution >= 4 is 49.4 Å². The topological polar surface area (TPSA) is 87.8 Å². The number of anilines is 1. The van der Waals surface area contributed by atoms with E-state index in [1.54, 1.807) is 30.5 Å². The maximum absolute atomic E-state index is 10.5. The highest BCUT2D eigenvalue weighted by molar-refractivity contribution is 9.11. The zero-order valence-corrected chi connectivity index (χ0v) is 13.6. The second kappa shape index (κ2) is 6.68. The standard InChI is InChI=1S/C13H9Br2N3O3/c14-11-5-8(6-12(15)13(11)19)7-16-17-9-1-3-10(4-2-9)18(20)21/h1-7,17,19H. The number of phenols is 1. The van der Waals surface area contributed by atoms with Gasteiger partial charge in [-0.1, -0.05) is 0 Å². The van der Waals surface area contributed by atoms with Crippen molar-refractivity contribution in [1.82, 2.24) is 0 Å². The molecule has 0 amide bonds. The van der Waals surface area contributed by atoms with Crippen molar-refractivity contribution in [3.05, 3.63) is 61.0 Å². The van der Waals surface area contributed by atoms with E-state index in [9.17, 15) is 15.2 Å². The average molecular weight is 415 g/mol. The van der Waals surface area contributed by atoms with Gasteiger partial charge in [-0.25, -0.2) is 0 Å². The summed E-state index contributed by atoms with van der Waals surface area (Å²) < 4.78 is 1.10. The summed E-state index contributed by atoms with van der Waals surface area (Å²) in [5.74, 6) is 0.121. The van der Waals surface area contributed by atoms with Crippen molar-refractivity contribution in [2.24, 2.45) is 5.10 Å². The minimum absolute atomic E-state index is 0.0240. The van der Waals surface area contributed by atoms with Gasteiger partial charge >= 0.3 is 0 Å². The number of rotatable bonds is 4. The molecule has 0 aliphatic heterocycles. The number of non-ortho nitro benzene ring substituents is 1. The van der Waals surface area contributed by atoms with Crippen LogP contribution in [0, 0.1) is 10.1 Å². The molecule has 2 aromatic carbocycles. The fraction of sp³-hybridized carbons (Fsp3) is 0. The molecule has 0 radical (unpaired) electrons. The van der Waals surface area contributed by atoms with Crippen LogP contribution >= 0.6 is 31.9 Å². The van der Waals surface area contributed by atoms with Crippen LogP contribution in [0.25, 0.3) is 0 Å². The Bertz CT molecular complexity index is 679. The molecule has 6 nitrogen and oxygen atoms in total. The number of nitrogens with zero attached hydrogens (tertiary/aromatic N) is 2. The van der Waals surface area contributed by atoms with Gasteiger partial charge < -0.3 is 5.11 Å². The summed E-state index contributed by atoms with van der Waals surface area (Å²) in [4.78, 5) is 10.1. The number of benzene rings is 2. The number of halogens is 2. The zero-order chi connectivity index (χ0) is 15.4. The number of aromatic hydroxyl groups is 1. The van der Waals surface area contributed by atoms with Crippen molar-refractivity contribution in [3.8, 4) is 5.75 Å². The van der Waals surface area contributed by atoms with Gasteiger partial charge in [-0.05, 0) is 61.7 Å². The second-order valence-corrected chi connectivity index (χ2v) is 5.72. The summed E-state index contributed by atoms with van der Waals surface area (Å²) >= 11 is 6.46. The van der Waals surface area contributed by atoms with Gasteiger partial charge in [-0.15, -0.1) is 0 Å². The molecule has 0 spiro atoms. The predicted octanol–water partition coefficient (Wildman–Crippen LogP) is 4.27. The summed E-state index contributed by atoms with van der Waals surface area (Å²) in [6.45, 7) is 0. The number of nitrogens with one attached hydrogen (secondary N) is 1.